The molecule has 3 heterocycles. The number of hydrogen-bond donors (Lipinski definition) is 5. The number of ether oxygens (including phenoxy) is 6. The van der Waals surface area contributed by atoms with Gasteiger partial charge in [0.15, 0.2) is 12.6 Å². The van der Waals surface area contributed by atoms with Gasteiger partial charge in [-0.2, -0.15) is 0 Å². The van der Waals surface area contributed by atoms with Crippen molar-refractivity contribution in [1.29, 1.82) is 0 Å². The summed E-state index contributed by atoms with van der Waals surface area (Å²) in [4.78, 5) is 18.0. The molecule has 0 bridgehead atoms. The summed E-state index contributed by atoms with van der Waals surface area (Å²) in [6.07, 6.45) is -8.19. The lowest BCUT2D eigenvalue weighted by Crippen LogP contribution is -2.60. The zero-order valence-corrected chi connectivity index (χ0v) is 34.2. The minimum Gasteiger partial charge on any atom is -0.459 e. The van der Waals surface area contributed by atoms with E-state index in [1.54, 1.807) is 41.5 Å². The van der Waals surface area contributed by atoms with Gasteiger partial charge in [0.25, 0.3) is 0 Å². The lowest BCUT2D eigenvalue weighted by molar-refractivity contribution is -0.318. The van der Waals surface area contributed by atoms with Gasteiger partial charge >= 0.3 is 5.97 Å². The van der Waals surface area contributed by atoms with Crippen LogP contribution in [0.15, 0.2) is 0 Å². The van der Waals surface area contributed by atoms with Gasteiger partial charge in [0.05, 0.1) is 41.5 Å². The van der Waals surface area contributed by atoms with Crippen molar-refractivity contribution in [3.63, 3.8) is 0 Å². The highest BCUT2D eigenvalue weighted by molar-refractivity contribution is 5.73. The second kappa shape index (κ2) is 17.8. The first-order chi connectivity index (χ1) is 23.9. The van der Waals surface area contributed by atoms with Crippen LogP contribution in [-0.2, 0) is 33.2 Å². The van der Waals surface area contributed by atoms with Crippen molar-refractivity contribution in [3.05, 3.63) is 0 Å². The third kappa shape index (κ3) is 10.0. The summed E-state index contributed by atoms with van der Waals surface area (Å²) in [6, 6.07) is -0.808. The maximum atomic E-state index is 14.2. The second-order valence-corrected chi connectivity index (χ2v) is 17.2. The summed E-state index contributed by atoms with van der Waals surface area (Å²) in [5.41, 5.74) is -4.37. The monoisotopic (exact) mass is 749 g/mol. The van der Waals surface area contributed by atoms with Crippen molar-refractivity contribution in [2.24, 2.45) is 17.8 Å². The number of methoxy groups -OCH3 is 1. The van der Waals surface area contributed by atoms with Crippen molar-refractivity contribution >= 4 is 5.97 Å². The molecule has 0 radical (unpaired) electrons. The highest BCUT2D eigenvalue weighted by atomic mass is 16.7. The third-order valence-corrected chi connectivity index (χ3v) is 12.2. The van der Waals surface area contributed by atoms with E-state index < -0.39 is 96.0 Å². The standard InChI is InChI=1S/C38H72N2O12/c1-15-27-38(10,46)31(42)24(6)40(13)19-20(2)17-36(8,45)33(52-35-29(41)26(39(11)12)16-21(3)48-35)22(4)30(23(5)34(44)50-27)51-28-18-37(9,47-14)32(43)25(7)49-28/h20-33,35,41-43,45-46H,15-19H2,1-14H3/t20-,21-,22+,23-,24-,25+,26+,27-,28+,29-,30+,31-,32+,33-,35+,36+,37-,38-/m1/s1. The van der Waals surface area contributed by atoms with Crippen LogP contribution in [0.3, 0.4) is 0 Å². The van der Waals surface area contributed by atoms with Gasteiger partial charge in [-0.1, -0.05) is 20.8 Å². The van der Waals surface area contributed by atoms with Gasteiger partial charge < -0.3 is 63.8 Å². The van der Waals surface area contributed by atoms with Gasteiger partial charge in [0.1, 0.15) is 30.0 Å². The fraction of sp³-hybridized carbons (Fsp3) is 0.974. The van der Waals surface area contributed by atoms with Crippen LogP contribution in [0.5, 0.6) is 0 Å². The predicted molar refractivity (Wildman–Crippen MR) is 194 cm³/mol. The van der Waals surface area contributed by atoms with Crippen LogP contribution in [-0.4, -0.2) is 166 Å². The van der Waals surface area contributed by atoms with Gasteiger partial charge in [0.2, 0.25) is 0 Å². The Labute approximate surface area is 312 Å². The van der Waals surface area contributed by atoms with Gasteiger partial charge in [0, 0.05) is 38.1 Å². The highest BCUT2D eigenvalue weighted by Gasteiger charge is 2.52. The minimum absolute atomic E-state index is 0.133. The molecule has 0 saturated carbocycles. The topological polar surface area (TPSA) is 180 Å². The number of aliphatic hydroxyl groups is 5. The molecule has 3 saturated heterocycles. The average Bonchev–Trinajstić information content (AvgIpc) is 3.05. The van der Waals surface area contributed by atoms with Crippen molar-refractivity contribution in [2.45, 2.75) is 185 Å². The molecular weight excluding hydrogens is 676 g/mol. The molecule has 0 aromatic carbocycles. The zero-order valence-electron chi connectivity index (χ0n) is 34.2. The average molecular weight is 749 g/mol. The Bertz CT molecular complexity index is 1140. The molecule has 14 nitrogen and oxygen atoms in total. The van der Waals surface area contributed by atoms with Crippen molar-refractivity contribution < 1.29 is 58.7 Å². The van der Waals surface area contributed by atoms with Crippen molar-refractivity contribution in [3.8, 4) is 0 Å². The number of nitrogens with zero attached hydrogens (tertiary/aromatic N) is 2. The van der Waals surface area contributed by atoms with Crippen LogP contribution >= 0.6 is 0 Å². The van der Waals surface area contributed by atoms with Crippen molar-refractivity contribution in [1.82, 2.24) is 9.80 Å². The fourth-order valence-electron chi connectivity index (χ4n) is 8.74. The molecule has 3 fully saturated rings. The number of hydrogen-bond acceptors (Lipinski definition) is 14. The molecule has 306 valence electrons. The van der Waals surface area contributed by atoms with E-state index in [1.165, 1.54) is 14.0 Å². The number of rotatable bonds is 7. The third-order valence-electron chi connectivity index (χ3n) is 12.2. The molecule has 0 aromatic rings. The Kier molecular flexibility index (Phi) is 15.6. The molecule has 5 N–H and O–H groups in total. The zero-order chi connectivity index (χ0) is 39.7. The van der Waals surface area contributed by atoms with Gasteiger partial charge in [-0.05, 0) is 94.8 Å². The van der Waals surface area contributed by atoms with E-state index in [-0.39, 0.29) is 37.3 Å². The summed E-state index contributed by atoms with van der Waals surface area (Å²) in [5, 5.41) is 58.1. The Morgan fingerprint density at radius 3 is 2.12 bits per heavy atom. The van der Waals surface area contributed by atoms with E-state index in [2.05, 4.69) is 0 Å². The van der Waals surface area contributed by atoms with E-state index in [4.69, 9.17) is 28.4 Å². The number of likely N-dealkylation sites (N-methyl/N-ethyl adjacent to an activating group) is 2. The summed E-state index contributed by atoms with van der Waals surface area (Å²) >= 11 is 0. The lowest BCUT2D eigenvalue weighted by Gasteiger charge is -2.48. The van der Waals surface area contributed by atoms with Gasteiger partial charge in [-0.25, -0.2) is 0 Å². The maximum Gasteiger partial charge on any atom is 0.311 e. The number of aliphatic hydroxyl groups excluding tert-OH is 3. The smallest absolute Gasteiger partial charge is 0.311 e. The Hall–Kier alpha value is -1.01. The van der Waals surface area contributed by atoms with Crippen LogP contribution in [0, 0.1) is 17.8 Å². The molecule has 18 atom stereocenters. The molecule has 0 aromatic heterocycles. The van der Waals surface area contributed by atoms with Crippen LogP contribution in [0.4, 0.5) is 0 Å². The van der Waals surface area contributed by atoms with E-state index in [9.17, 15) is 30.3 Å². The molecule has 14 heteroatoms. The predicted octanol–water partition coefficient (Wildman–Crippen LogP) is 1.90. The maximum absolute atomic E-state index is 14.2. The minimum atomic E-state index is -1.80. The Morgan fingerprint density at radius 2 is 1.56 bits per heavy atom. The summed E-state index contributed by atoms with van der Waals surface area (Å²) in [6.45, 7) is 18.0. The van der Waals surface area contributed by atoms with E-state index >= 15 is 0 Å². The van der Waals surface area contributed by atoms with E-state index in [1.807, 2.05) is 51.7 Å². The number of esters is 1. The molecule has 3 rings (SSSR count). The fourth-order valence-corrected chi connectivity index (χ4v) is 8.74. The molecule has 52 heavy (non-hydrogen) atoms. The molecule has 0 aliphatic carbocycles. The number of carbonyl (C=O) groups is 1. The SMILES string of the molecule is CC[C@H]1OC(=O)[C@H](C)[C@@H](O[C@H]2C[C@@](C)(OC)[C@@H](O)[C@H](C)O2)[C@H](C)[C@@H](O[C@@H]2O[C@H](C)C[C@H](N(C)C)[C@H]2O)[C@@](C)(O)C[C@@H](C)CN(C)[C@H](C)[C@@H](O)[C@]1(C)O. The quantitative estimate of drug-likeness (QED) is 0.238. The lowest BCUT2D eigenvalue weighted by atomic mass is 9.77. The summed E-state index contributed by atoms with van der Waals surface area (Å²) < 4.78 is 37.5. The van der Waals surface area contributed by atoms with Crippen LogP contribution in [0.1, 0.15) is 94.9 Å². The number of cyclic esters (lactones) is 1. The van der Waals surface area contributed by atoms with Crippen LogP contribution < -0.4 is 0 Å². The molecular formula is C38H72N2O12. The largest absolute Gasteiger partial charge is 0.459 e. The molecule has 3 aliphatic rings. The highest BCUT2D eigenvalue weighted by Crippen LogP contribution is 2.40. The molecule has 0 amide bonds. The van der Waals surface area contributed by atoms with Gasteiger partial charge in [-0.15, -0.1) is 0 Å². The van der Waals surface area contributed by atoms with E-state index in [0.29, 0.717) is 13.0 Å². The van der Waals surface area contributed by atoms with Crippen LogP contribution in [0.2, 0.25) is 0 Å². The molecule has 0 spiro atoms. The Morgan fingerprint density at radius 1 is 0.942 bits per heavy atom. The Balaban J connectivity index is 2.17. The summed E-state index contributed by atoms with van der Waals surface area (Å²) in [5.74, 6) is -2.58. The number of carbonyl (C=O) groups excluding carboxylic acids is 1. The first kappa shape index (κ1) is 45.4. The van der Waals surface area contributed by atoms with Gasteiger partial charge in [-0.3, -0.25) is 4.79 Å². The summed E-state index contributed by atoms with van der Waals surface area (Å²) in [7, 11) is 7.12. The second-order valence-electron chi connectivity index (χ2n) is 17.2. The first-order valence-corrected chi connectivity index (χ1v) is 19.1. The first-order valence-electron chi connectivity index (χ1n) is 19.1. The van der Waals surface area contributed by atoms with Crippen molar-refractivity contribution in [2.75, 3.05) is 34.8 Å². The molecule has 3 aliphatic heterocycles. The molecule has 0 unspecified atom stereocenters. The normalized spacial score (nSPS) is 49.6. The van der Waals surface area contributed by atoms with Crippen LogP contribution in [0.25, 0.3) is 0 Å². The van der Waals surface area contributed by atoms with E-state index in [0.717, 1.165) is 0 Å².